The van der Waals surface area contributed by atoms with Crippen LogP contribution in [-0.2, 0) is 0 Å². The fourth-order valence-electron chi connectivity index (χ4n) is 1.85. The lowest BCUT2D eigenvalue weighted by Crippen LogP contribution is -2.37. The Labute approximate surface area is 128 Å². The number of hydrogen-bond donors (Lipinski definition) is 2. The minimum absolute atomic E-state index is 0.0433. The molecule has 0 aliphatic heterocycles. The highest BCUT2D eigenvalue weighted by atomic mass is 35.5. The average molecular weight is 316 g/mol. The zero-order valence-electron chi connectivity index (χ0n) is 12.0. The van der Waals surface area contributed by atoms with Gasteiger partial charge in [0.15, 0.2) is 0 Å². The van der Waals surface area contributed by atoms with Crippen molar-refractivity contribution >= 4 is 23.3 Å². The van der Waals surface area contributed by atoms with E-state index in [0.29, 0.717) is 13.1 Å². The van der Waals surface area contributed by atoms with Crippen molar-refractivity contribution in [2.24, 2.45) is 16.8 Å². The molecule has 5 nitrogen and oxygen atoms in total. The van der Waals surface area contributed by atoms with E-state index in [9.17, 15) is 9.18 Å². The van der Waals surface area contributed by atoms with Gasteiger partial charge in [-0.2, -0.15) is 0 Å². The van der Waals surface area contributed by atoms with Crippen LogP contribution in [0.4, 0.5) is 4.39 Å². The van der Waals surface area contributed by atoms with E-state index in [4.69, 9.17) is 22.5 Å². The lowest BCUT2D eigenvalue weighted by molar-refractivity contribution is 0.0740. The molecule has 3 N–H and O–H groups in total. The Morgan fingerprint density at radius 1 is 1.52 bits per heavy atom. The second-order valence-corrected chi connectivity index (χ2v) is 5.52. The van der Waals surface area contributed by atoms with Gasteiger partial charge < -0.3 is 15.8 Å². The third-order valence-corrected chi connectivity index (χ3v) is 3.11. The van der Waals surface area contributed by atoms with E-state index in [1.807, 2.05) is 13.8 Å². The van der Waals surface area contributed by atoms with Crippen molar-refractivity contribution in [2.75, 3.05) is 13.1 Å². The Bertz CT molecular complexity index is 535. The number of carbonyl (C=O) groups excluding carboxylic acids is 1. The smallest absolute Gasteiger partial charge is 0.255 e. The van der Waals surface area contributed by atoms with E-state index in [-0.39, 0.29) is 34.7 Å². The van der Waals surface area contributed by atoms with Gasteiger partial charge in [-0.15, -0.1) is 0 Å². The summed E-state index contributed by atoms with van der Waals surface area (Å²) in [5.74, 6) is -0.523. The quantitative estimate of drug-likeness (QED) is 0.366. The lowest BCUT2D eigenvalue weighted by atomic mass is 10.1. The number of nitrogens with zero attached hydrogens (tertiary/aromatic N) is 2. The Hall–Kier alpha value is -1.82. The molecule has 0 unspecified atom stereocenters. The molecule has 0 bridgehead atoms. The molecule has 7 heteroatoms. The van der Waals surface area contributed by atoms with Crippen LogP contribution in [0.25, 0.3) is 0 Å². The first-order chi connectivity index (χ1) is 9.85. The minimum atomic E-state index is -0.497. The molecule has 0 aromatic heterocycles. The van der Waals surface area contributed by atoms with E-state index in [1.54, 1.807) is 4.90 Å². The van der Waals surface area contributed by atoms with E-state index in [2.05, 4.69) is 5.16 Å². The van der Waals surface area contributed by atoms with Gasteiger partial charge in [-0.25, -0.2) is 4.39 Å². The number of halogens is 2. The molecule has 1 aromatic carbocycles. The van der Waals surface area contributed by atoms with Crippen LogP contribution in [0.15, 0.2) is 23.4 Å². The summed E-state index contributed by atoms with van der Waals surface area (Å²) >= 11 is 5.92. The van der Waals surface area contributed by atoms with Crippen LogP contribution >= 0.6 is 11.6 Å². The fourth-order valence-corrected chi connectivity index (χ4v) is 2.10. The number of rotatable bonds is 6. The monoisotopic (exact) mass is 315 g/mol. The largest absolute Gasteiger partial charge is 0.409 e. The van der Waals surface area contributed by atoms with Gasteiger partial charge in [-0.3, -0.25) is 4.79 Å². The van der Waals surface area contributed by atoms with Crippen LogP contribution in [0.5, 0.6) is 0 Å². The summed E-state index contributed by atoms with van der Waals surface area (Å²) in [5, 5.41) is 11.5. The molecule has 0 spiro atoms. The normalized spacial score (nSPS) is 11.8. The second-order valence-electron chi connectivity index (χ2n) is 5.11. The molecule has 0 atom stereocenters. The van der Waals surface area contributed by atoms with Gasteiger partial charge in [0.05, 0.1) is 10.6 Å². The number of carbonyl (C=O) groups is 1. The van der Waals surface area contributed by atoms with Crippen LogP contribution < -0.4 is 5.73 Å². The molecule has 21 heavy (non-hydrogen) atoms. The van der Waals surface area contributed by atoms with E-state index < -0.39 is 5.82 Å². The highest BCUT2D eigenvalue weighted by molar-refractivity contribution is 6.33. The van der Waals surface area contributed by atoms with Crippen molar-refractivity contribution in [1.82, 2.24) is 4.90 Å². The van der Waals surface area contributed by atoms with Gasteiger partial charge in [0.2, 0.25) is 0 Å². The highest BCUT2D eigenvalue weighted by Crippen LogP contribution is 2.19. The number of hydrogen-bond acceptors (Lipinski definition) is 3. The molecule has 0 heterocycles. The highest BCUT2D eigenvalue weighted by Gasteiger charge is 2.20. The Kier molecular flexibility index (Phi) is 6.42. The lowest BCUT2D eigenvalue weighted by Gasteiger charge is -2.25. The van der Waals surface area contributed by atoms with E-state index in [0.717, 1.165) is 6.07 Å². The SMILES string of the molecule is CC(C)CN(CCC(N)=NO)C(=O)c1ccc(F)cc1Cl. The summed E-state index contributed by atoms with van der Waals surface area (Å²) in [7, 11) is 0. The first kappa shape index (κ1) is 17.2. The van der Waals surface area contributed by atoms with Crippen LogP contribution in [-0.4, -0.2) is 34.9 Å². The topological polar surface area (TPSA) is 78.9 Å². The van der Waals surface area contributed by atoms with Gasteiger partial charge in [-0.05, 0) is 24.1 Å². The zero-order chi connectivity index (χ0) is 16.0. The number of benzene rings is 1. The van der Waals surface area contributed by atoms with E-state index in [1.165, 1.54) is 12.1 Å². The molecule has 1 aromatic rings. The molecule has 116 valence electrons. The van der Waals surface area contributed by atoms with Crippen LogP contribution in [0.1, 0.15) is 30.6 Å². The minimum Gasteiger partial charge on any atom is -0.409 e. The summed E-state index contributed by atoms with van der Waals surface area (Å²) in [4.78, 5) is 14.0. The molecule has 0 saturated heterocycles. The van der Waals surface area contributed by atoms with Gasteiger partial charge in [0.25, 0.3) is 5.91 Å². The maximum absolute atomic E-state index is 13.1. The third kappa shape index (κ3) is 5.23. The molecule has 1 rings (SSSR count). The molecule has 0 aliphatic carbocycles. The predicted molar refractivity (Wildman–Crippen MR) is 80.2 cm³/mol. The van der Waals surface area contributed by atoms with Crippen molar-refractivity contribution in [3.8, 4) is 0 Å². The first-order valence-electron chi connectivity index (χ1n) is 6.55. The molecular formula is C14H19ClFN3O2. The van der Waals surface area contributed by atoms with Crippen molar-refractivity contribution in [1.29, 1.82) is 0 Å². The molecular weight excluding hydrogens is 297 g/mol. The standard InChI is InChI=1S/C14H19ClFN3O2/c1-9(2)8-19(6-5-13(17)18-21)14(20)11-4-3-10(16)7-12(11)15/h3-4,7,9,21H,5-6,8H2,1-2H3,(H2,17,18). The molecule has 0 fully saturated rings. The van der Waals surface area contributed by atoms with Gasteiger partial charge in [-0.1, -0.05) is 30.6 Å². The maximum atomic E-state index is 13.1. The van der Waals surface area contributed by atoms with Gasteiger partial charge in [0.1, 0.15) is 11.7 Å². The third-order valence-electron chi connectivity index (χ3n) is 2.80. The molecule has 1 amide bonds. The number of amides is 1. The Morgan fingerprint density at radius 3 is 2.71 bits per heavy atom. The summed E-state index contributed by atoms with van der Waals surface area (Å²) < 4.78 is 13.1. The van der Waals surface area contributed by atoms with Gasteiger partial charge in [0, 0.05) is 19.5 Å². The predicted octanol–water partition coefficient (Wildman–Crippen LogP) is 2.71. The van der Waals surface area contributed by atoms with Crippen molar-refractivity contribution in [3.05, 3.63) is 34.6 Å². The fraction of sp³-hybridized carbons (Fsp3) is 0.429. The summed E-state index contributed by atoms with van der Waals surface area (Å²) in [5.41, 5.74) is 5.66. The number of oxime groups is 1. The number of amidine groups is 1. The number of nitrogens with two attached hydrogens (primary N) is 1. The van der Waals surface area contributed by atoms with Crippen molar-refractivity contribution in [3.63, 3.8) is 0 Å². The second kappa shape index (κ2) is 7.83. The van der Waals surface area contributed by atoms with Crippen molar-refractivity contribution < 1.29 is 14.4 Å². The average Bonchev–Trinajstić information content (AvgIpc) is 2.42. The Morgan fingerprint density at radius 2 is 2.19 bits per heavy atom. The Balaban J connectivity index is 2.93. The van der Waals surface area contributed by atoms with Crippen molar-refractivity contribution in [2.45, 2.75) is 20.3 Å². The molecule has 0 radical (unpaired) electrons. The summed E-state index contributed by atoms with van der Waals surface area (Å²) in [6, 6.07) is 3.65. The van der Waals surface area contributed by atoms with Crippen LogP contribution in [0, 0.1) is 11.7 Å². The maximum Gasteiger partial charge on any atom is 0.255 e. The first-order valence-corrected chi connectivity index (χ1v) is 6.93. The van der Waals surface area contributed by atoms with E-state index >= 15 is 0 Å². The van der Waals surface area contributed by atoms with Crippen LogP contribution in [0.3, 0.4) is 0 Å². The van der Waals surface area contributed by atoms with Gasteiger partial charge >= 0.3 is 0 Å². The zero-order valence-corrected chi connectivity index (χ0v) is 12.8. The molecule has 0 saturated carbocycles. The summed E-state index contributed by atoms with van der Waals surface area (Å²) in [6.45, 7) is 4.72. The molecule has 0 aliphatic rings. The summed E-state index contributed by atoms with van der Waals surface area (Å²) in [6.07, 6.45) is 0.244. The van der Waals surface area contributed by atoms with Crippen LogP contribution in [0.2, 0.25) is 5.02 Å².